The zero-order chi connectivity index (χ0) is 13.2. The van der Waals surface area contributed by atoms with Gasteiger partial charge in [0.05, 0.1) is 19.8 Å². The highest BCUT2D eigenvalue weighted by molar-refractivity contribution is 5.52. The topological polar surface area (TPSA) is 47.7 Å². The predicted octanol–water partition coefficient (Wildman–Crippen LogP) is 2.15. The molecule has 4 nitrogen and oxygen atoms in total. The minimum atomic E-state index is 0.660. The fourth-order valence-corrected chi connectivity index (χ4v) is 1.69. The fraction of sp³-hybridized carbons (Fsp3) is 0.571. The van der Waals surface area contributed by atoms with Crippen LogP contribution in [0.2, 0.25) is 0 Å². The Labute approximate surface area is 110 Å². The molecule has 0 radical (unpaired) electrons. The van der Waals surface area contributed by atoms with Crippen molar-refractivity contribution in [1.82, 2.24) is 0 Å². The lowest BCUT2D eigenvalue weighted by molar-refractivity contribution is 0.0556. The number of nitrogens with two attached hydrogens (primary N) is 1. The molecule has 0 saturated heterocycles. The van der Waals surface area contributed by atoms with Gasteiger partial charge >= 0.3 is 0 Å². The van der Waals surface area contributed by atoms with Gasteiger partial charge in [-0.25, -0.2) is 0 Å². The van der Waals surface area contributed by atoms with Crippen molar-refractivity contribution in [1.29, 1.82) is 0 Å². The van der Waals surface area contributed by atoms with E-state index < -0.39 is 0 Å². The zero-order valence-electron chi connectivity index (χ0n) is 11.4. The van der Waals surface area contributed by atoms with Gasteiger partial charge in [0.2, 0.25) is 0 Å². The van der Waals surface area contributed by atoms with Crippen molar-refractivity contribution < 1.29 is 9.47 Å². The number of nitrogens with zero attached hydrogens (tertiary/aromatic N) is 1. The van der Waals surface area contributed by atoms with E-state index in [4.69, 9.17) is 15.2 Å². The molecule has 0 saturated carbocycles. The Morgan fingerprint density at radius 3 is 2.28 bits per heavy atom. The number of hydrogen-bond donors (Lipinski definition) is 1. The first-order chi connectivity index (χ1) is 8.77. The molecule has 102 valence electrons. The molecule has 0 unspecified atom stereocenters. The quantitative estimate of drug-likeness (QED) is 0.540. The maximum Gasteiger partial charge on any atom is 0.0701 e. The van der Waals surface area contributed by atoms with Crippen LogP contribution in [0.25, 0.3) is 0 Å². The highest BCUT2D eigenvalue weighted by atomic mass is 16.5. The summed E-state index contributed by atoms with van der Waals surface area (Å²) in [5, 5.41) is 0. The standard InChI is InChI=1S/C14H24N2O2/c1-3-16(9-10-18-12-11-17-4-2)14-7-5-13(15)6-8-14/h5-8H,3-4,9-12,15H2,1-2H3. The second kappa shape index (κ2) is 8.78. The largest absolute Gasteiger partial charge is 0.399 e. The summed E-state index contributed by atoms with van der Waals surface area (Å²) in [5.74, 6) is 0. The number of anilines is 2. The molecule has 1 aromatic rings. The van der Waals surface area contributed by atoms with Crippen molar-refractivity contribution in [2.24, 2.45) is 0 Å². The van der Waals surface area contributed by atoms with Crippen LogP contribution in [-0.2, 0) is 9.47 Å². The molecular weight excluding hydrogens is 228 g/mol. The summed E-state index contributed by atoms with van der Waals surface area (Å²) in [6.45, 7) is 8.75. The Morgan fingerprint density at radius 2 is 1.67 bits per heavy atom. The van der Waals surface area contributed by atoms with E-state index in [9.17, 15) is 0 Å². The number of nitrogen functional groups attached to an aromatic ring is 1. The van der Waals surface area contributed by atoms with Gasteiger partial charge in [-0.05, 0) is 38.1 Å². The van der Waals surface area contributed by atoms with Crippen LogP contribution >= 0.6 is 0 Å². The molecule has 4 heteroatoms. The second-order valence-corrected chi connectivity index (χ2v) is 3.98. The molecule has 2 N–H and O–H groups in total. The molecule has 0 aromatic heterocycles. The average Bonchev–Trinajstić information content (AvgIpc) is 2.39. The summed E-state index contributed by atoms with van der Waals surface area (Å²) >= 11 is 0. The van der Waals surface area contributed by atoms with E-state index in [1.165, 1.54) is 5.69 Å². The van der Waals surface area contributed by atoms with Crippen LogP contribution in [0.1, 0.15) is 13.8 Å². The molecule has 0 spiro atoms. The summed E-state index contributed by atoms with van der Waals surface area (Å²) < 4.78 is 10.7. The van der Waals surface area contributed by atoms with Gasteiger partial charge in [0.1, 0.15) is 0 Å². The maximum absolute atomic E-state index is 5.68. The first kappa shape index (κ1) is 14.8. The van der Waals surface area contributed by atoms with Crippen molar-refractivity contribution in [2.75, 3.05) is 50.2 Å². The fourth-order valence-electron chi connectivity index (χ4n) is 1.69. The number of likely N-dealkylation sites (N-methyl/N-ethyl adjacent to an activating group) is 1. The minimum Gasteiger partial charge on any atom is -0.399 e. The van der Waals surface area contributed by atoms with E-state index in [1.54, 1.807) is 0 Å². The summed E-state index contributed by atoms with van der Waals surface area (Å²) in [6.07, 6.45) is 0. The first-order valence-corrected chi connectivity index (χ1v) is 6.54. The highest BCUT2D eigenvalue weighted by Gasteiger charge is 2.03. The monoisotopic (exact) mass is 252 g/mol. The Morgan fingerprint density at radius 1 is 1.00 bits per heavy atom. The lowest BCUT2D eigenvalue weighted by Crippen LogP contribution is -2.27. The molecule has 0 heterocycles. The van der Waals surface area contributed by atoms with Crippen molar-refractivity contribution in [2.45, 2.75) is 13.8 Å². The van der Waals surface area contributed by atoms with Crippen LogP contribution in [0.3, 0.4) is 0 Å². The van der Waals surface area contributed by atoms with Crippen molar-refractivity contribution >= 4 is 11.4 Å². The molecule has 0 bridgehead atoms. The third-order valence-corrected chi connectivity index (χ3v) is 2.72. The average molecular weight is 252 g/mol. The summed E-state index contributed by atoms with van der Waals surface area (Å²) in [6, 6.07) is 7.93. The predicted molar refractivity (Wildman–Crippen MR) is 76.1 cm³/mol. The molecule has 18 heavy (non-hydrogen) atoms. The van der Waals surface area contributed by atoms with E-state index in [2.05, 4.69) is 11.8 Å². The van der Waals surface area contributed by atoms with Crippen LogP contribution in [0.4, 0.5) is 11.4 Å². The zero-order valence-corrected chi connectivity index (χ0v) is 11.4. The molecule has 1 aromatic carbocycles. The van der Waals surface area contributed by atoms with Crippen LogP contribution in [0.5, 0.6) is 0 Å². The molecule has 0 aliphatic carbocycles. The van der Waals surface area contributed by atoms with Crippen LogP contribution in [0, 0.1) is 0 Å². The smallest absolute Gasteiger partial charge is 0.0701 e. The normalized spacial score (nSPS) is 10.6. The highest BCUT2D eigenvalue weighted by Crippen LogP contribution is 2.15. The van der Waals surface area contributed by atoms with E-state index in [-0.39, 0.29) is 0 Å². The van der Waals surface area contributed by atoms with Crippen molar-refractivity contribution in [3.8, 4) is 0 Å². The van der Waals surface area contributed by atoms with Gasteiger partial charge in [-0.2, -0.15) is 0 Å². The van der Waals surface area contributed by atoms with E-state index in [0.29, 0.717) is 19.8 Å². The lowest BCUT2D eigenvalue weighted by atomic mass is 10.2. The maximum atomic E-state index is 5.68. The van der Waals surface area contributed by atoms with Gasteiger partial charge in [0, 0.05) is 31.1 Å². The van der Waals surface area contributed by atoms with E-state index in [1.807, 2.05) is 31.2 Å². The number of benzene rings is 1. The van der Waals surface area contributed by atoms with E-state index in [0.717, 1.165) is 25.4 Å². The molecule has 0 atom stereocenters. The summed E-state index contributed by atoms with van der Waals surface area (Å²) in [7, 11) is 0. The third-order valence-electron chi connectivity index (χ3n) is 2.72. The molecule has 0 amide bonds. The Kier molecular flexibility index (Phi) is 7.22. The number of ether oxygens (including phenoxy) is 2. The van der Waals surface area contributed by atoms with Crippen LogP contribution < -0.4 is 10.6 Å². The van der Waals surface area contributed by atoms with Crippen LogP contribution in [-0.4, -0.2) is 39.5 Å². The van der Waals surface area contributed by atoms with Crippen LogP contribution in [0.15, 0.2) is 24.3 Å². The number of rotatable bonds is 9. The lowest BCUT2D eigenvalue weighted by Gasteiger charge is -2.23. The Bertz CT molecular complexity index is 314. The summed E-state index contributed by atoms with van der Waals surface area (Å²) in [5.41, 5.74) is 7.65. The van der Waals surface area contributed by atoms with Gasteiger partial charge < -0.3 is 20.1 Å². The SMILES string of the molecule is CCOCCOCCN(CC)c1ccc(N)cc1. The third kappa shape index (κ3) is 5.38. The van der Waals surface area contributed by atoms with Gasteiger partial charge in [-0.15, -0.1) is 0 Å². The van der Waals surface area contributed by atoms with Gasteiger partial charge in [-0.3, -0.25) is 0 Å². The molecule has 1 rings (SSSR count). The Balaban J connectivity index is 2.27. The van der Waals surface area contributed by atoms with Gasteiger partial charge in [0.25, 0.3) is 0 Å². The molecule has 0 fully saturated rings. The van der Waals surface area contributed by atoms with Gasteiger partial charge in [0.15, 0.2) is 0 Å². The molecule has 0 aliphatic rings. The summed E-state index contributed by atoms with van der Waals surface area (Å²) in [4.78, 5) is 2.26. The Hall–Kier alpha value is -1.26. The molecular formula is C14H24N2O2. The van der Waals surface area contributed by atoms with Crippen molar-refractivity contribution in [3.63, 3.8) is 0 Å². The van der Waals surface area contributed by atoms with Gasteiger partial charge in [-0.1, -0.05) is 0 Å². The first-order valence-electron chi connectivity index (χ1n) is 6.54. The van der Waals surface area contributed by atoms with E-state index >= 15 is 0 Å². The molecule has 0 aliphatic heterocycles. The number of hydrogen-bond acceptors (Lipinski definition) is 4. The minimum absolute atomic E-state index is 0.660. The second-order valence-electron chi connectivity index (χ2n) is 3.98. The van der Waals surface area contributed by atoms with Crippen molar-refractivity contribution in [3.05, 3.63) is 24.3 Å².